The minimum Gasteiger partial charge on any atom is -0.508 e. The zero-order valence-electron chi connectivity index (χ0n) is 9.76. The summed E-state index contributed by atoms with van der Waals surface area (Å²) in [6.45, 7) is 4.94. The summed E-state index contributed by atoms with van der Waals surface area (Å²) in [6.07, 6.45) is 0. The van der Waals surface area contributed by atoms with Crippen LogP contribution in [0.25, 0.3) is 0 Å². The third-order valence-electron chi connectivity index (χ3n) is 2.51. The Morgan fingerprint density at radius 2 is 1.82 bits per heavy atom. The highest BCUT2D eigenvalue weighted by atomic mass is 32.2. The number of rotatable bonds is 0. The molecule has 0 unspecified atom stereocenters. The van der Waals surface area contributed by atoms with E-state index in [4.69, 9.17) is 0 Å². The number of fused-ring (bicyclic) bond motifs is 1. The van der Waals surface area contributed by atoms with Crippen molar-refractivity contribution in [2.45, 2.75) is 31.2 Å². The first-order valence-corrected chi connectivity index (χ1v) is 6.52. The average molecular weight is 255 g/mol. The highest BCUT2D eigenvalue weighted by Crippen LogP contribution is 2.36. The smallest absolute Gasteiger partial charge is 0.269 e. The first-order valence-electron chi connectivity index (χ1n) is 5.08. The number of carbonyl (C=O) groups excluding carboxylic acids is 1. The molecular formula is C11H13NO4S. The van der Waals surface area contributed by atoms with E-state index < -0.39 is 21.5 Å². The van der Waals surface area contributed by atoms with E-state index in [0.717, 1.165) is 10.4 Å². The van der Waals surface area contributed by atoms with Gasteiger partial charge >= 0.3 is 0 Å². The molecule has 0 aliphatic carbocycles. The van der Waals surface area contributed by atoms with Gasteiger partial charge in [-0.3, -0.25) is 4.79 Å². The monoisotopic (exact) mass is 255 g/mol. The fourth-order valence-corrected chi connectivity index (χ4v) is 3.82. The van der Waals surface area contributed by atoms with E-state index in [1.54, 1.807) is 20.8 Å². The first kappa shape index (κ1) is 11.9. The van der Waals surface area contributed by atoms with Crippen molar-refractivity contribution in [1.82, 2.24) is 4.31 Å². The summed E-state index contributed by atoms with van der Waals surface area (Å²) in [7, 11) is -3.85. The van der Waals surface area contributed by atoms with Gasteiger partial charge in [0.2, 0.25) is 0 Å². The van der Waals surface area contributed by atoms with E-state index in [2.05, 4.69) is 0 Å². The Bertz CT molecular complexity index is 598. The summed E-state index contributed by atoms with van der Waals surface area (Å²) in [5, 5.41) is 9.31. The standard InChI is InChI=1S/C11H13NO4S/c1-11(2,3)12-10(14)8-5-4-7(13)6-9(8)17(12,15)16/h4-6,13H,1-3H3. The van der Waals surface area contributed by atoms with Crippen molar-refractivity contribution in [1.29, 1.82) is 0 Å². The van der Waals surface area contributed by atoms with E-state index in [9.17, 15) is 18.3 Å². The van der Waals surface area contributed by atoms with Gasteiger partial charge in [-0.15, -0.1) is 0 Å². The van der Waals surface area contributed by atoms with Gasteiger partial charge in [0.15, 0.2) is 0 Å². The second kappa shape index (κ2) is 3.22. The van der Waals surface area contributed by atoms with E-state index in [1.165, 1.54) is 12.1 Å². The lowest BCUT2D eigenvalue weighted by Crippen LogP contribution is -2.45. The van der Waals surface area contributed by atoms with Crippen LogP contribution in [0.2, 0.25) is 0 Å². The Kier molecular flexibility index (Phi) is 2.26. The molecule has 1 aromatic carbocycles. The summed E-state index contributed by atoms with van der Waals surface area (Å²) in [5.41, 5.74) is -0.720. The van der Waals surface area contributed by atoms with Gasteiger partial charge in [-0.2, -0.15) is 0 Å². The predicted molar refractivity (Wildman–Crippen MR) is 61.2 cm³/mol. The molecule has 1 amide bonds. The molecule has 1 aliphatic rings. The Morgan fingerprint density at radius 3 is 2.35 bits per heavy atom. The first-order chi connectivity index (χ1) is 7.65. The van der Waals surface area contributed by atoms with Gasteiger partial charge in [-0.25, -0.2) is 12.7 Å². The van der Waals surface area contributed by atoms with E-state index >= 15 is 0 Å². The van der Waals surface area contributed by atoms with Crippen LogP contribution in [-0.2, 0) is 10.0 Å². The molecule has 1 heterocycles. The van der Waals surface area contributed by atoms with Gasteiger partial charge in [-0.05, 0) is 32.9 Å². The van der Waals surface area contributed by atoms with Crippen molar-refractivity contribution in [3.05, 3.63) is 23.8 Å². The van der Waals surface area contributed by atoms with Gasteiger partial charge in [0, 0.05) is 6.07 Å². The summed E-state index contributed by atoms with van der Waals surface area (Å²) in [6, 6.07) is 3.74. The van der Waals surface area contributed by atoms with Gasteiger partial charge in [0.25, 0.3) is 15.9 Å². The topological polar surface area (TPSA) is 74.7 Å². The third-order valence-corrected chi connectivity index (χ3v) is 4.60. The van der Waals surface area contributed by atoms with Crippen LogP contribution in [0.4, 0.5) is 0 Å². The highest BCUT2D eigenvalue weighted by molar-refractivity contribution is 7.90. The van der Waals surface area contributed by atoms with Crippen molar-refractivity contribution in [3.8, 4) is 5.75 Å². The maximum Gasteiger partial charge on any atom is 0.269 e. The van der Waals surface area contributed by atoms with Gasteiger partial charge in [0.1, 0.15) is 10.6 Å². The van der Waals surface area contributed by atoms with E-state index in [-0.39, 0.29) is 16.2 Å². The quantitative estimate of drug-likeness (QED) is 0.759. The van der Waals surface area contributed by atoms with Gasteiger partial charge in [0.05, 0.1) is 11.1 Å². The second-order valence-electron chi connectivity index (χ2n) is 4.93. The van der Waals surface area contributed by atoms with Crippen LogP contribution in [-0.4, -0.2) is 29.3 Å². The lowest BCUT2D eigenvalue weighted by molar-refractivity contribution is 0.0788. The molecule has 6 heteroatoms. The third kappa shape index (κ3) is 1.59. The normalized spacial score (nSPS) is 18.3. The molecule has 17 heavy (non-hydrogen) atoms. The molecule has 1 aromatic rings. The van der Waals surface area contributed by atoms with Gasteiger partial charge < -0.3 is 5.11 Å². The Labute approximate surface area is 99.7 Å². The molecule has 0 aromatic heterocycles. The number of amides is 1. The number of carbonyl (C=O) groups is 1. The van der Waals surface area contributed by atoms with Crippen molar-refractivity contribution < 1.29 is 18.3 Å². The van der Waals surface area contributed by atoms with Crippen LogP contribution < -0.4 is 0 Å². The number of sulfonamides is 1. The minimum atomic E-state index is -3.85. The Hall–Kier alpha value is -1.56. The van der Waals surface area contributed by atoms with Crippen molar-refractivity contribution in [2.75, 3.05) is 0 Å². The van der Waals surface area contributed by atoms with Crippen LogP contribution in [0.3, 0.4) is 0 Å². The maximum absolute atomic E-state index is 12.2. The Balaban J connectivity index is 2.74. The van der Waals surface area contributed by atoms with Crippen LogP contribution in [0.5, 0.6) is 5.75 Å². The summed E-state index contributed by atoms with van der Waals surface area (Å²) in [5.74, 6) is -0.719. The summed E-state index contributed by atoms with van der Waals surface area (Å²) < 4.78 is 25.2. The lowest BCUT2D eigenvalue weighted by Gasteiger charge is -2.29. The van der Waals surface area contributed by atoms with E-state index in [1.807, 2.05) is 0 Å². The summed E-state index contributed by atoms with van der Waals surface area (Å²) in [4.78, 5) is 11.9. The molecule has 0 spiro atoms. The van der Waals surface area contributed by atoms with Crippen LogP contribution >= 0.6 is 0 Å². The number of hydrogen-bond donors (Lipinski definition) is 1. The molecule has 0 saturated carbocycles. The number of aromatic hydroxyl groups is 1. The summed E-state index contributed by atoms with van der Waals surface area (Å²) >= 11 is 0. The van der Waals surface area contributed by atoms with Gasteiger partial charge in [-0.1, -0.05) is 0 Å². The molecule has 0 bridgehead atoms. The molecule has 1 aliphatic heterocycles. The highest BCUT2D eigenvalue weighted by Gasteiger charge is 2.46. The molecule has 0 fully saturated rings. The molecule has 2 rings (SSSR count). The number of phenols is 1. The second-order valence-corrected chi connectivity index (χ2v) is 6.68. The number of phenolic OH excluding ortho intramolecular Hbond substituents is 1. The fraction of sp³-hybridized carbons (Fsp3) is 0.364. The Morgan fingerprint density at radius 1 is 1.24 bits per heavy atom. The molecule has 0 radical (unpaired) electrons. The molecule has 1 N–H and O–H groups in total. The number of hydrogen-bond acceptors (Lipinski definition) is 4. The zero-order chi connectivity index (χ0) is 13.0. The molecular weight excluding hydrogens is 242 g/mol. The van der Waals surface area contributed by atoms with E-state index in [0.29, 0.717) is 0 Å². The lowest BCUT2D eigenvalue weighted by atomic mass is 10.1. The zero-order valence-corrected chi connectivity index (χ0v) is 10.6. The van der Waals surface area contributed by atoms with Crippen LogP contribution in [0, 0.1) is 0 Å². The van der Waals surface area contributed by atoms with Crippen LogP contribution in [0.1, 0.15) is 31.1 Å². The fourth-order valence-electron chi connectivity index (χ4n) is 1.88. The largest absolute Gasteiger partial charge is 0.508 e. The molecule has 5 nitrogen and oxygen atoms in total. The maximum atomic E-state index is 12.2. The van der Waals surface area contributed by atoms with Crippen LogP contribution in [0.15, 0.2) is 23.1 Å². The van der Waals surface area contributed by atoms with Crippen molar-refractivity contribution in [2.24, 2.45) is 0 Å². The average Bonchev–Trinajstić information content (AvgIpc) is 2.33. The SMILES string of the molecule is CC(C)(C)N1C(=O)c2ccc(O)cc2S1(=O)=O. The van der Waals surface area contributed by atoms with Crippen molar-refractivity contribution in [3.63, 3.8) is 0 Å². The molecule has 0 atom stereocenters. The minimum absolute atomic E-state index is 0.109. The van der Waals surface area contributed by atoms with Crippen molar-refractivity contribution >= 4 is 15.9 Å². The number of nitrogens with zero attached hydrogens (tertiary/aromatic N) is 1. The number of benzene rings is 1. The molecule has 0 saturated heterocycles. The predicted octanol–water partition coefficient (Wildman–Crippen LogP) is 1.34. The molecule has 92 valence electrons.